The lowest BCUT2D eigenvalue weighted by Gasteiger charge is -2.38. The van der Waals surface area contributed by atoms with Gasteiger partial charge in [-0.2, -0.15) is 0 Å². The molecule has 43 heavy (non-hydrogen) atoms. The fraction of sp³-hybridized carbons (Fsp3) is 0.212. The predicted molar refractivity (Wildman–Crippen MR) is 165 cm³/mol. The molecule has 0 aliphatic carbocycles. The molecular weight excluding hydrogens is 552 g/mol. The summed E-state index contributed by atoms with van der Waals surface area (Å²) in [6.07, 6.45) is 0. The smallest absolute Gasteiger partial charge is 0.323 e. The molecule has 1 saturated heterocycles. The Morgan fingerprint density at radius 3 is 2.16 bits per heavy atom. The number of methoxy groups -OCH3 is 1. The van der Waals surface area contributed by atoms with Gasteiger partial charge in [-0.05, 0) is 55.0 Å². The lowest BCUT2D eigenvalue weighted by atomic mass is 10.1. The van der Waals surface area contributed by atoms with Crippen molar-refractivity contribution in [1.82, 2.24) is 5.32 Å². The Kier molecular flexibility index (Phi) is 9.05. The van der Waals surface area contributed by atoms with E-state index >= 15 is 0 Å². The van der Waals surface area contributed by atoms with E-state index in [1.807, 2.05) is 61.5 Å². The van der Waals surface area contributed by atoms with Crippen LogP contribution in [0.5, 0.6) is 5.75 Å². The molecule has 1 aliphatic heterocycles. The molecule has 0 saturated carbocycles. The molecule has 5 rings (SSSR count). The third-order valence-electron chi connectivity index (χ3n) is 7.37. The number of benzene rings is 4. The molecule has 1 fully saturated rings. The van der Waals surface area contributed by atoms with Crippen LogP contribution < -0.4 is 30.5 Å². The van der Waals surface area contributed by atoms with Crippen LogP contribution in [-0.4, -0.2) is 45.2 Å². The molecule has 3 N–H and O–H groups in total. The van der Waals surface area contributed by atoms with Gasteiger partial charge in [0, 0.05) is 43.6 Å². The van der Waals surface area contributed by atoms with Crippen LogP contribution in [0, 0.1) is 11.6 Å². The monoisotopic (exact) mass is 585 g/mol. The van der Waals surface area contributed by atoms with E-state index in [2.05, 4.69) is 25.8 Å². The van der Waals surface area contributed by atoms with Crippen molar-refractivity contribution in [3.63, 3.8) is 0 Å². The third kappa shape index (κ3) is 7.03. The van der Waals surface area contributed by atoms with Gasteiger partial charge in [-0.3, -0.25) is 4.79 Å². The molecule has 1 heterocycles. The molecule has 10 heteroatoms. The number of hydrogen-bond donors (Lipinski definition) is 3. The Bertz CT molecular complexity index is 1590. The molecule has 4 aromatic carbocycles. The minimum atomic E-state index is -0.896. The van der Waals surface area contributed by atoms with Crippen LogP contribution in [0.2, 0.25) is 0 Å². The van der Waals surface area contributed by atoms with Crippen LogP contribution in [0.3, 0.4) is 0 Å². The van der Waals surface area contributed by atoms with Crippen LogP contribution in [0.1, 0.15) is 28.9 Å². The first kappa shape index (κ1) is 29.4. The molecule has 4 aromatic rings. The van der Waals surface area contributed by atoms with E-state index in [-0.39, 0.29) is 17.6 Å². The molecule has 0 spiro atoms. The summed E-state index contributed by atoms with van der Waals surface area (Å²) in [5.74, 6) is -1.14. The highest BCUT2D eigenvalue weighted by Gasteiger charge is 2.24. The van der Waals surface area contributed by atoms with Crippen LogP contribution in [0.25, 0.3) is 0 Å². The van der Waals surface area contributed by atoms with Gasteiger partial charge < -0.3 is 30.5 Å². The van der Waals surface area contributed by atoms with Crippen molar-refractivity contribution in [3.05, 3.63) is 114 Å². The van der Waals surface area contributed by atoms with Gasteiger partial charge in [0.25, 0.3) is 5.91 Å². The quantitative estimate of drug-likeness (QED) is 0.222. The van der Waals surface area contributed by atoms with Gasteiger partial charge >= 0.3 is 6.03 Å². The van der Waals surface area contributed by atoms with Gasteiger partial charge in [0.1, 0.15) is 17.4 Å². The highest BCUT2D eigenvalue weighted by Crippen LogP contribution is 2.31. The summed E-state index contributed by atoms with van der Waals surface area (Å²) in [5, 5.41) is 8.10. The molecular formula is C33H33F2N5O3. The Morgan fingerprint density at radius 2 is 1.47 bits per heavy atom. The van der Waals surface area contributed by atoms with Crippen LogP contribution in [0.15, 0.2) is 91.0 Å². The number of halogens is 2. The van der Waals surface area contributed by atoms with Gasteiger partial charge in [-0.1, -0.05) is 42.5 Å². The molecule has 1 aliphatic rings. The summed E-state index contributed by atoms with van der Waals surface area (Å²) < 4.78 is 32.9. The Hall–Kier alpha value is -5.12. The van der Waals surface area contributed by atoms with E-state index in [9.17, 15) is 18.4 Å². The lowest BCUT2D eigenvalue weighted by Crippen LogP contribution is -2.47. The molecule has 0 radical (unpaired) electrons. The van der Waals surface area contributed by atoms with Gasteiger partial charge in [0.05, 0.1) is 30.1 Å². The number of hydrogen-bond acceptors (Lipinski definition) is 5. The van der Waals surface area contributed by atoms with Crippen molar-refractivity contribution in [2.45, 2.75) is 13.0 Å². The number of rotatable bonds is 8. The molecule has 0 unspecified atom stereocenters. The highest BCUT2D eigenvalue weighted by atomic mass is 19.1. The maximum atomic E-state index is 14.1. The zero-order valence-electron chi connectivity index (χ0n) is 23.9. The van der Waals surface area contributed by atoms with E-state index in [1.54, 1.807) is 25.3 Å². The Balaban J connectivity index is 1.36. The second kappa shape index (κ2) is 13.2. The van der Waals surface area contributed by atoms with Crippen molar-refractivity contribution in [1.29, 1.82) is 0 Å². The van der Waals surface area contributed by atoms with Gasteiger partial charge in [0.15, 0.2) is 0 Å². The summed E-state index contributed by atoms with van der Waals surface area (Å²) >= 11 is 0. The van der Waals surface area contributed by atoms with Gasteiger partial charge in [0.2, 0.25) is 0 Å². The SMILES string of the molecule is COc1ccccc1N1CCN(c2ccc(NC(=O)Nc3ccc(F)cc3F)cc2C(=O)N[C@@H](C)c2ccccc2)CC1. The zero-order chi connectivity index (χ0) is 30.3. The summed E-state index contributed by atoms with van der Waals surface area (Å²) in [6, 6.07) is 24.5. The summed E-state index contributed by atoms with van der Waals surface area (Å²) in [7, 11) is 1.66. The maximum absolute atomic E-state index is 14.1. The maximum Gasteiger partial charge on any atom is 0.323 e. The number of piperazine rings is 1. The minimum Gasteiger partial charge on any atom is -0.495 e. The Morgan fingerprint density at radius 1 is 0.791 bits per heavy atom. The largest absolute Gasteiger partial charge is 0.495 e. The molecule has 0 bridgehead atoms. The number of ether oxygens (including phenoxy) is 1. The van der Waals surface area contributed by atoms with Crippen LogP contribution in [0.4, 0.5) is 36.3 Å². The number of nitrogens with zero attached hydrogens (tertiary/aromatic N) is 2. The number of carbonyl (C=O) groups excluding carboxylic acids is 2. The molecule has 8 nitrogen and oxygen atoms in total. The second-order valence-electron chi connectivity index (χ2n) is 10.2. The van der Waals surface area contributed by atoms with E-state index in [4.69, 9.17) is 4.74 Å². The average Bonchev–Trinajstić information content (AvgIpc) is 3.03. The van der Waals surface area contributed by atoms with Crippen molar-refractivity contribution in [2.24, 2.45) is 0 Å². The number of carbonyl (C=O) groups is 2. The van der Waals surface area contributed by atoms with E-state index < -0.39 is 17.7 Å². The van der Waals surface area contributed by atoms with Gasteiger partial charge in [-0.25, -0.2) is 13.6 Å². The lowest BCUT2D eigenvalue weighted by molar-refractivity contribution is 0.0940. The number of amides is 3. The van der Waals surface area contributed by atoms with Crippen molar-refractivity contribution in [3.8, 4) is 5.75 Å². The Labute approximate surface area is 249 Å². The summed E-state index contributed by atoms with van der Waals surface area (Å²) in [5.41, 5.74) is 3.26. The zero-order valence-corrected chi connectivity index (χ0v) is 23.9. The van der Waals surface area contributed by atoms with Crippen molar-refractivity contribution < 1.29 is 23.1 Å². The molecule has 0 aromatic heterocycles. The summed E-state index contributed by atoms with van der Waals surface area (Å²) in [4.78, 5) is 30.7. The summed E-state index contributed by atoms with van der Waals surface area (Å²) in [6.45, 7) is 4.65. The second-order valence-corrected chi connectivity index (χ2v) is 10.2. The fourth-order valence-electron chi connectivity index (χ4n) is 5.13. The standard InChI is InChI=1S/C33H33F2N5O3/c1-22(23-8-4-3-5-9-23)36-32(41)26-21-25(37-33(42)38-28-14-12-24(34)20-27(28)35)13-15-29(26)39-16-18-40(19-17-39)30-10-6-7-11-31(30)43-2/h3-15,20-22H,16-19H2,1-2H3,(H,36,41)(H2,37,38,42)/t22-/m0/s1. The topological polar surface area (TPSA) is 85.9 Å². The third-order valence-corrected chi connectivity index (χ3v) is 7.37. The van der Waals surface area contributed by atoms with E-state index in [0.29, 0.717) is 43.5 Å². The average molecular weight is 586 g/mol. The highest BCUT2D eigenvalue weighted by molar-refractivity contribution is 6.04. The van der Waals surface area contributed by atoms with Crippen molar-refractivity contribution in [2.75, 3.05) is 53.7 Å². The molecule has 3 amide bonds. The first-order chi connectivity index (χ1) is 20.8. The number of anilines is 4. The molecule has 1 atom stereocenters. The number of urea groups is 1. The van der Waals surface area contributed by atoms with Gasteiger partial charge in [-0.15, -0.1) is 0 Å². The van der Waals surface area contributed by atoms with Crippen LogP contribution in [-0.2, 0) is 0 Å². The number of para-hydroxylation sites is 2. The first-order valence-corrected chi connectivity index (χ1v) is 14.0. The fourth-order valence-corrected chi connectivity index (χ4v) is 5.13. The van der Waals surface area contributed by atoms with E-state index in [0.717, 1.165) is 34.8 Å². The normalized spacial score (nSPS) is 13.7. The minimum absolute atomic E-state index is 0.168. The first-order valence-electron chi connectivity index (χ1n) is 14.0. The number of nitrogens with one attached hydrogen (secondary N) is 3. The molecule has 222 valence electrons. The van der Waals surface area contributed by atoms with Crippen molar-refractivity contribution >= 4 is 34.7 Å². The van der Waals surface area contributed by atoms with Crippen LogP contribution >= 0.6 is 0 Å². The predicted octanol–water partition coefficient (Wildman–Crippen LogP) is 6.44. The van der Waals surface area contributed by atoms with E-state index in [1.165, 1.54) is 0 Å².